The molecule has 0 aliphatic heterocycles. The number of hydrogen-bond donors (Lipinski definition) is 0. The Bertz CT molecular complexity index is 1240. The first-order chi connectivity index (χ1) is 17.7. The number of nitriles is 1. The normalized spacial score (nSPS) is 11.3. The third kappa shape index (κ3) is 7.76. The summed E-state index contributed by atoms with van der Waals surface area (Å²) < 4.78 is 2.15. The molecule has 0 atom stereocenters. The summed E-state index contributed by atoms with van der Waals surface area (Å²) in [5.41, 5.74) is 4.20. The molecule has 1 heterocycles. The smallest absolute Gasteiger partial charge is 0.253 e. The molecule has 0 saturated carbocycles. The summed E-state index contributed by atoms with van der Waals surface area (Å²) in [5, 5.41) is 9.09. The minimum Gasteiger partial charge on any atom is -0.339 e. The molecule has 0 radical (unpaired) electrons. The number of amides is 1. The highest BCUT2D eigenvalue weighted by Crippen LogP contribution is 2.23. The Morgan fingerprint density at radius 1 is 0.973 bits per heavy atom. The second-order valence-electron chi connectivity index (χ2n) is 10.7. The van der Waals surface area contributed by atoms with Gasteiger partial charge in [0.05, 0.1) is 17.1 Å². The van der Waals surface area contributed by atoms with E-state index in [1.54, 1.807) is 6.92 Å². The molecule has 0 aliphatic carbocycles. The number of carbonyl (C=O) groups excluding carboxylic acids is 2. The van der Waals surface area contributed by atoms with Gasteiger partial charge in [0.2, 0.25) is 0 Å². The summed E-state index contributed by atoms with van der Waals surface area (Å²) in [7, 11) is 0. The molecule has 196 valence electrons. The number of rotatable bonds is 13. The summed E-state index contributed by atoms with van der Waals surface area (Å²) in [6.45, 7) is 12.5. The molecule has 0 saturated heterocycles. The van der Waals surface area contributed by atoms with Crippen LogP contribution in [0.15, 0.2) is 42.5 Å². The first kappa shape index (κ1) is 28.1. The molecule has 1 aromatic heterocycles. The Morgan fingerprint density at radius 3 is 2.16 bits per heavy atom. The fourth-order valence-electron chi connectivity index (χ4n) is 4.37. The maximum absolute atomic E-state index is 13.6. The van der Waals surface area contributed by atoms with Gasteiger partial charge in [0.25, 0.3) is 5.91 Å². The Kier molecular flexibility index (Phi) is 10.0. The summed E-state index contributed by atoms with van der Waals surface area (Å²) in [6, 6.07) is 15.6. The van der Waals surface area contributed by atoms with Gasteiger partial charge in [-0.25, -0.2) is 4.98 Å². The van der Waals surface area contributed by atoms with Crippen LogP contribution in [0.4, 0.5) is 0 Å². The summed E-state index contributed by atoms with van der Waals surface area (Å²) >= 11 is 0. The molecule has 0 spiro atoms. The van der Waals surface area contributed by atoms with Crippen LogP contribution in [0.1, 0.15) is 92.4 Å². The molecular formula is C31H40N4O2. The fraction of sp³-hybridized carbons (Fsp3) is 0.484. The molecule has 3 rings (SSSR count). The van der Waals surface area contributed by atoms with Gasteiger partial charge in [-0.3, -0.25) is 9.59 Å². The number of carbonyl (C=O) groups is 2. The zero-order chi connectivity index (χ0) is 26.9. The molecule has 37 heavy (non-hydrogen) atoms. The molecule has 0 fully saturated rings. The summed E-state index contributed by atoms with van der Waals surface area (Å²) in [4.78, 5) is 32.1. The average Bonchev–Trinajstić information content (AvgIpc) is 3.20. The first-order valence-corrected chi connectivity index (χ1v) is 13.4. The lowest BCUT2D eigenvalue weighted by molar-refractivity contribution is 0.0740. The Hall–Kier alpha value is -3.46. The molecule has 0 N–H and O–H groups in total. The van der Waals surface area contributed by atoms with E-state index in [0.29, 0.717) is 48.8 Å². The Morgan fingerprint density at radius 2 is 1.59 bits per heavy atom. The maximum atomic E-state index is 13.6. The highest BCUT2D eigenvalue weighted by molar-refractivity contribution is 5.97. The number of imidazole rings is 1. The Labute approximate surface area is 221 Å². The van der Waals surface area contributed by atoms with Gasteiger partial charge in [-0.05, 0) is 61.8 Å². The molecule has 6 heteroatoms. The molecule has 0 aliphatic rings. The van der Waals surface area contributed by atoms with Gasteiger partial charge in [-0.1, -0.05) is 52.0 Å². The number of Topliss-reactive ketones (excluding diaryl/α,β-unsaturated/α-hetero) is 1. The number of aromatic nitrogens is 2. The predicted molar refractivity (Wildman–Crippen MR) is 149 cm³/mol. The van der Waals surface area contributed by atoms with E-state index < -0.39 is 0 Å². The van der Waals surface area contributed by atoms with Crippen LogP contribution >= 0.6 is 0 Å². The zero-order valence-corrected chi connectivity index (χ0v) is 23.0. The Balaban J connectivity index is 1.94. The van der Waals surface area contributed by atoms with Gasteiger partial charge in [0.15, 0.2) is 5.78 Å². The van der Waals surface area contributed by atoms with Crippen molar-refractivity contribution >= 4 is 22.7 Å². The number of nitrogens with zero attached hydrogens (tertiary/aromatic N) is 4. The van der Waals surface area contributed by atoms with Crippen LogP contribution < -0.4 is 0 Å². The van der Waals surface area contributed by atoms with Crippen molar-refractivity contribution in [3.05, 3.63) is 65.0 Å². The summed E-state index contributed by atoms with van der Waals surface area (Å²) in [5.74, 6) is 2.07. The number of benzene rings is 2. The molecule has 1 amide bonds. The molecule has 6 nitrogen and oxygen atoms in total. The SMILES string of the molecule is CC(=O)c1ccc(Cc2nc3ccc(C(=O)N(CCC(C)C)CCC(C)C)cc3n2CCCC#N)cc1. The van der Waals surface area contributed by atoms with Crippen molar-refractivity contribution in [3.8, 4) is 6.07 Å². The van der Waals surface area contributed by atoms with Gasteiger partial charge in [-0.2, -0.15) is 5.26 Å². The zero-order valence-electron chi connectivity index (χ0n) is 23.0. The quantitative estimate of drug-likeness (QED) is 0.194. The molecule has 0 unspecified atom stereocenters. The minimum absolute atomic E-state index is 0.0447. The number of aryl methyl sites for hydroxylation is 1. The van der Waals surface area contributed by atoms with E-state index in [1.807, 2.05) is 47.4 Å². The molecule has 2 aromatic carbocycles. The lowest BCUT2D eigenvalue weighted by Crippen LogP contribution is -2.34. The van der Waals surface area contributed by atoms with Gasteiger partial charge < -0.3 is 9.47 Å². The third-order valence-corrected chi connectivity index (χ3v) is 6.71. The monoisotopic (exact) mass is 500 g/mol. The van der Waals surface area contributed by atoms with Gasteiger partial charge in [0, 0.05) is 43.6 Å². The standard InChI is InChI=1S/C31H40N4O2/c1-22(2)14-18-34(19-15-23(3)4)31(37)27-12-13-28-29(21-27)35(17-7-6-16-32)30(33-28)20-25-8-10-26(11-9-25)24(5)36/h8-13,21-23H,6-7,14-15,17-20H2,1-5H3. The van der Waals surface area contributed by atoms with Crippen LogP contribution in [-0.2, 0) is 13.0 Å². The highest BCUT2D eigenvalue weighted by Gasteiger charge is 2.19. The van der Waals surface area contributed by atoms with Crippen molar-refractivity contribution in [2.75, 3.05) is 13.1 Å². The van der Waals surface area contributed by atoms with Gasteiger partial charge >= 0.3 is 0 Å². The minimum atomic E-state index is 0.0447. The number of unbranched alkanes of at least 4 members (excludes halogenated alkanes) is 1. The van der Waals surface area contributed by atoms with E-state index in [1.165, 1.54) is 0 Å². The van der Waals surface area contributed by atoms with Crippen molar-refractivity contribution in [1.82, 2.24) is 14.5 Å². The van der Waals surface area contributed by atoms with Crippen molar-refractivity contribution in [3.63, 3.8) is 0 Å². The van der Waals surface area contributed by atoms with Gasteiger partial charge in [-0.15, -0.1) is 0 Å². The second kappa shape index (κ2) is 13.2. The van der Waals surface area contributed by atoms with Crippen LogP contribution in [0.3, 0.4) is 0 Å². The largest absolute Gasteiger partial charge is 0.339 e. The van der Waals surface area contributed by atoms with Crippen LogP contribution in [0, 0.1) is 23.2 Å². The van der Waals surface area contributed by atoms with E-state index in [2.05, 4.69) is 38.3 Å². The first-order valence-electron chi connectivity index (χ1n) is 13.4. The lowest BCUT2D eigenvalue weighted by atomic mass is 10.1. The van der Waals surface area contributed by atoms with Crippen molar-refractivity contribution in [2.45, 2.75) is 73.3 Å². The van der Waals surface area contributed by atoms with Gasteiger partial charge in [0.1, 0.15) is 5.82 Å². The highest BCUT2D eigenvalue weighted by atomic mass is 16.2. The van der Waals surface area contributed by atoms with Crippen LogP contribution in [0.2, 0.25) is 0 Å². The topological polar surface area (TPSA) is 79.0 Å². The van der Waals surface area contributed by atoms with Crippen molar-refractivity contribution in [2.24, 2.45) is 11.8 Å². The van der Waals surface area contributed by atoms with Crippen molar-refractivity contribution < 1.29 is 9.59 Å². The van der Waals surface area contributed by atoms with Crippen LogP contribution in [-0.4, -0.2) is 39.2 Å². The number of hydrogen-bond acceptors (Lipinski definition) is 4. The summed E-state index contributed by atoms with van der Waals surface area (Å²) in [6.07, 6.45) is 3.74. The maximum Gasteiger partial charge on any atom is 0.253 e. The van der Waals surface area contributed by atoms with E-state index in [-0.39, 0.29) is 11.7 Å². The second-order valence-corrected chi connectivity index (χ2v) is 10.7. The van der Waals surface area contributed by atoms with E-state index in [4.69, 9.17) is 10.2 Å². The van der Waals surface area contributed by atoms with Crippen LogP contribution in [0.25, 0.3) is 11.0 Å². The van der Waals surface area contributed by atoms with Crippen molar-refractivity contribution in [1.29, 1.82) is 5.26 Å². The average molecular weight is 501 g/mol. The molecule has 0 bridgehead atoms. The van der Waals surface area contributed by atoms with E-state index in [0.717, 1.165) is 48.4 Å². The van der Waals surface area contributed by atoms with E-state index >= 15 is 0 Å². The fourth-order valence-corrected chi connectivity index (χ4v) is 4.37. The molecule has 3 aromatic rings. The van der Waals surface area contributed by atoms with Crippen LogP contribution in [0.5, 0.6) is 0 Å². The van der Waals surface area contributed by atoms with E-state index in [9.17, 15) is 9.59 Å². The number of ketones is 1. The molecular weight excluding hydrogens is 460 g/mol. The predicted octanol–water partition coefficient (Wildman–Crippen LogP) is 6.67. The number of fused-ring (bicyclic) bond motifs is 1. The third-order valence-electron chi connectivity index (χ3n) is 6.71. The lowest BCUT2D eigenvalue weighted by Gasteiger charge is -2.24.